The van der Waals surface area contributed by atoms with E-state index in [1.165, 1.54) is 0 Å². The van der Waals surface area contributed by atoms with Gasteiger partial charge in [-0.15, -0.1) is 0 Å². The second kappa shape index (κ2) is 5.32. The summed E-state index contributed by atoms with van der Waals surface area (Å²) in [6.45, 7) is 5.59. The minimum absolute atomic E-state index is 0.178. The summed E-state index contributed by atoms with van der Waals surface area (Å²) in [5, 5.41) is 6.30. The standard InChI is InChI=1S/C10H21N3O/c1-8-6-12-7-9(8)10(14)13(3)5-4-11-2/h8-9,11-12H,4-7H2,1-3H3. The lowest BCUT2D eigenvalue weighted by Crippen LogP contribution is -2.39. The predicted molar refractivity (Wildman–Crippen MR) is 57.1 cm³/mol. The number of carbonyl (C=O) groups excluding carboxylic acids is 1. The predicted octanol–water partition coefficient (Wildman–Crippen LogP) is -0.480. The molecule has 1 saturated heterocycles. The summed E-state index contributed by atoms with van der Waals surface area (Å²) >= 11 is 0. The van der Waals surface area contributed by atoms with Gasteiger partial charge in [0.1, 0.15) is 0 Å². The fourth-order valence-electron chi connectivity index (χ4n) is 1.81. The first-order valence-corrected chi connectivity index (χ1v) is 5.27. The van der Waals surface area contributed by atoms with Crippen LogP contribution in [0, 0.1) is 11.8 Å². The molecule has 1 heterocycles. The van der Waals surface area contributed by atoms with Crippen LogP contribution in [0.25, 0.3) is 0 Å². The van der Waals surface area contributed by atoms with Crippen molar-refractivity contribution in [3.8, 4) is 0 Å². The van der Waals surface area contributed by atoms with Crippen molar-refractivity contribution in [3.63, 3.8) is 0 Å². The lowest BCUT2D eigenvalue weighted by atomic mass is 9.97. The van der Waals surface area contributed by atoms with Gasteiger partial charge in [0.05, 0.1) is 5.92 Å². The van der Waals surface area contributed by atoms with Gasteiger partial charge in [-0.25, -0.2) is 0 Å². The zero-order valence-electron chi connectivity index (χ0n) is 9.34. The van der Waals surface area contributed by atoms with E-state index in [-0.39, 0.29) is 11.8 Å². The maximum absolute atomic E-state index is 11.9. The van der Waals surface area contributed by atoms with E-state index in [1.54, 1.807) is 0 Å². The van der Waals surface area contributed by atoms with Gasteiger partial charge in [-0.3, -0.25) is 4.79 Å². The van der Waals surface area contributed by atoms with Crippen molar-refractivity contribution in [1.82, 2.24) is 15.5 Å². The highest BCUT2D eigenvalue weighted by Gasteiger charge is 2.31. The van der Waals surface area contributed by atoms with E-state index in [4.69, 9.17) is 0 Å². The Morgan fingerprint density at radius 1 is 1.57 bits per heavy atom. The molecule has 1 rings (SSSR count). The number of hydrogen-bond acceptors (Lipinski definition) is 3. The van der Waals surface area contributed by atoms with Crippen LogP contribution in [0.5, 0.6) is 0 Å². The maximum Gasteiger partial charge on any atom is 0.227 e. The highest BCUT2D eigenvalue weighted by molar-refractivity contribution is 5.79. The minimum atomic E-state index is 0.178. The van der Waals surface area contributed by atoms with Crippen LogP contribution in [-0.2, 0) is 4.79 Å². The Bertz CT molecular complexity index is 196. The Kier molecular flexibility index (Phi) is 4.35. The molecule has 4 nitrogen and oxygen atoms in total. The zero-order valence-corrected chi connectivity index (χ0v) is 9.34. The molecule has 4 heteroatoms. The van der Waals surface area contributed by atoms with Gasteiger partial charge in [-0.2, -0.15) is 0 Å². The van der Waals surface area contributed by atoms with E-state index in [0.717, 1.165) is 26.2 Å². The molecule has 1 amide bonds. The van der Waals surface area contributed by atoms with Gasteiger partial charge in [-0.05, 0) is 19.5 Å². The van der Waals surface area contributed by atoms with Gasteiger partial charge in [-0.1, -0.05) is 6.92 Å². The molecule has 1 aliphatic heterocycles. The Morgan fingerprint density at radius 3 is 2.79 bits per heavy atom. The van der Waals surface area contributed by atoms with Crippen molar-refractivity contribution in [2.75, 3.05) is 40.3 Å². The Labute approximate surface area is 86.0 Å². The molecule has 1 aliphatic rings. The molecule has 2 unspecified atom stereocenters. The first-order chi connectivity index (χ1) is 6.66. The number of nitrogens with zero attached hydrogens (tertiary/aromatic N) is 1. The Hall–Kier alpha value is -0.610. The largest absolute Gasteiger partial charge is 0.344 e. The second-order valence-electron chi connectivity index (χ2n) is 4.11. The van der Waals surface area contributed by atoms with Crippen molar-refractivity contribution >= 4 is 5.91 Å². The lowest BCUT2D eigenvalue weighted by Gasteiger charge is -2.22. The third-order valence-corrected chi connectivity index (χ3v) is 2.91. The van der Waals surface area contributed by atoms with Crippen LogP contribution in [0.15, 0.2) is 0 Å². The summed E-state index contributed by atoms with van der Waals surface area (Å²) in [5.74, 6) is 0.925. The molecular formula is C10H21N3O. The molecule has 14 heavy (non-hydrogen) atoms. The summed E-state index contributed by atoms with van der Waals surface area (Å²) in [7, 11) is 3.78. The third-order valence-electron chi connectivity index (χ3n) is 2.91. The molecule has 0 aromatic heterocycles. The van der Waals surface area contributed by atoms with Crippen LogP contribution in [0.2, 0.25) is 0 Å². The maximum atomic E-state index is 11.9. The molecule has 0 bridgehead atoms. The molecule has 82 valence electrons. The van der Waals surface area contributed by atoms with Crippen molar-refractivity contribution in [2.24, 2.45) is 11.8 Å². The number of amides is 1. The van der Waals surface area contributed by atoms with E-state index in [9.17, 15) is 4.79 Å². The molecule has 0 aromatic rings. The van der Waals surface area contributed by atoms with Gasteiger partial charge in [0, 0.05) is 26.7 Å². The Morgan fingerprint density at radius 2 is 2.29 bits per heavy atom. The number of carbonyl (C=O) groups is 1. The van der Waals surface area contributed by atoms with Gasteiger partial charge < -0.3 is 15.5 Å². The highest BCUT2D eigenvalue weighted by atomic mass is 16.2. The quantitative estimate of drug-likeness (QED) is 0.643. The van der Waals surface area contributed by atoms with Crippen molar-refractivity contribution < 1.29 is 4.79 Å². The van der Waals surface area contributed by atoms with Gasteiger partial charge in [0.2, 0.25) is 5.91 Å². The fraction of sp³-hybridized carbons (Fsp3) is 0.900. The van der Waals surface area contributed by atoms with E-state index >= 15 is 0 Å². The molecule has 2 atom stereocenters. The first kappa shape index (κ1) is 11.5. The van der Waals surface area contributed by atoms with Crippen LogP contribution in [-0.4, -0.2) is 51.1 Å². The molecule has 1 fully saturated rings. The summed E-state index contributed by atoms with van der Waals surface area (Å²) in [6.07, 6.45) is 0. The number of hydrogen-bond donors (Lipinski definition) is 2. The fourth-order valence-corrected chi connectivity index (χ4v) is 1.81. The summed E-state index contributed by atoms with van der Waals surface area (Å²) < 4.78 is 0. The van der Waals surface area contributed by atoms with E-state index < -0.39 is 0 Å². The molecule has 0 aromatic carbocycles. The summed E-state index contributed by atoms with van der Waals surface area (Å²) in [4.78, 5) is 13.7. The normalized spacial score (nSPS) is 26.5. The SMILES string of the molecule is CNCCN(C)C(=O)C1CNCC1C. The monoisotopic (exact) mass is 199 g/mol. The number of rotatable bonds is 4. The summed E-state index contributed by atoms with van der Waals surface area (Å²) in [6, 6.07) is 0. The summed E-state index contributed by atoms with van der Waals surface area (Å²) in [5.41, 5.74) is 0. The van der Waals surface area contributed by atoms with Crippen LogP contribution in [0.1, 0.15) is 6.92 Å². The topological polar surface area (TPSA) is 44.4 Å². The molecule has 0 aliphatic carbocycles. The molecule has 2 N–H and O–H groups in total. The number of likely N-dealkylation sites (N-methyl/N-ethyl adjacent to an activating group) is 2. The number of nitrogens with one attached hydrogen (secondary N) is 2. The smallest absolute Gasteiger partial charge is 0.227 e. The molecular weight excluding hydrogens is 178 g/mol. The van der Waals surface area contributed by atoms with Crippen LogP contribution in [0.4, 0.5) is 0 Å². The van der Waals surface area contributed by atoms with Crippen molar-refractivity contribution in [2.45, 2.75) is 6.92 Å². The minimum Gasteiger partial charge on any atom is -0.344 e. The van der Waals surface area contributed by atoms with Crippen molar-refractivity contribution in [1.29, 1.82) is 0 Å². The average molecular weight is 199 g/mol. The van der Waals surface area contributed by atoms with Crippen LogP contribution < -0.4 is 10.6 Å². The third kappa shape index (κ3) is 2.69. The van der Waals surface area contributed by atoms with E-state index in [1.807, 2.05) is 19.0 Å². The first-order valence-electron chi connectivity index (χ1n) is 5.27. The highest BCUT2D eigenvalue weighted by Crippen LogP contribution is 2.17. The molecule has 0 spiro atoms. The van der Waals surface area contributed by atoms with Gasteiger partial charge in [0.15, 0.2) is 0 Å². The second-order valence-corrected chi connectivity index (χ2v) is 4.11. The van der Waals surface area contributed by atoms with Crippen LogP contribution >= 0.6 is 0 Å². The lowest BCUT2D eigenvalue weighted by molar-refractivity contribution is -0.134. The van der Waals surface area contributed by atoms with Crippen LogP contribution in [0.3, 0.4) is 0 Å². The van der Waals surface area contributed by atoms with Gasteiger partial charge >= 0.3 is 0 Å². The van der Waals surface area contributed by atoms with Crippen molar-refractivity contribution in [3.05, 3.63) is 0 Å². The van der Waals surface area contributed by atoms with E-state index in [2.05, 4.69) is 17.6 Å². The Balaban J connectivity index is 2.39. The zero-order chi connectivity index (χ0) is 10.6. The molecule has 0 saturated carbocycles. The van der Waals surface area contributed by atoms with Gasteiger partial charge in [0.25, 0.3) is 0 Å². The van der Waals surface area contributed by atoms with E-state index in [0.29, 0.717) is 5.92 Å². The molecule has 0 radical (unpaired) electrons. The average Bonchev–Trinajstić information content (AvgIpc) is 2.59.